The van der Waals surface area contributed by atoms with Crippen molar-refractivity contribution in [1.29, 1.82) is 0 Å². The van der Waals surface area contributed by atoms with Crippen molar-refractivity contribution in [3.8, 4) is 5.75 Å². The van der Waals surface area contributed by atoms with Crippen LogP contribution in [0.25, 0.3) is 0 Å². The second-order valence-corrected chi connectivity index (χ2v) is 5.09. The zero-order valence-electron chi connectivity index (χ0n) is 13.1. The summed E-state index contributed by atoms with van der Waals surface area (Å²) in [5, 5.41) is 30.4. The topological polar surface area (TPSA) is 105 Å². The molecule has 0 amide bonds. The van der Waals surface area contributed by atoms with Gasteiger partial charge in [-0.2, -0.15) is 0 Å². The van der Waals surface area contributed by atoms with Crippen molar-refractivity contribution in [2.24, 2.45) is 4.99 Å². The fourth-order valence-corrected chi connectivity index (χ4v) is 2.12. The van der Waals surface area contributed by atoms with Gasteiger partial charge in [-0.05, 0) is 47.5 Å². The fraction of sp³-hybridized carbons (Fsp3) is 0.235. The van der Waals surface area contributed by atoms with Crippen LogP contribution in [0.3, 0.4) is 0 Å². The lowest BCUT2D eigenvalue weighted by atomic mass is 10.0. The average Bonchev–Trinajstić information content (AvgIpc) is 2.62. The Morgan fingerprint density at radius 1 is 1.21 bits per heavy atom. The molecule has 0 radical (unpaired) electrons. The minimum atomic E-state index is -1.06. The van der Waals surface area contributed by atoms with E-state index < -0.39 is 17.1 Å². The van der Waals surface area contributed by atoms with Gasteiger partial charge in [0.05, 0.1) is 18.6 Å². The Labute approximate surface area is 139 Å². The summed E-state index contributed by atoms with van der Waals surface area (Å²) in [5.41, 5.74) is 1.19. The summed E-state index contributed by atoms with van der Waals surface area (Å²) >= 11 is 0. The Kier molecular flexibility index (Phi) is 6.00. The van der Waals surface area contributed by atoms with E-state index in [9.17, 15) is 20.3 Å². The summed E-state index contributed by atoms with van der Waals surface area (Å²) in [5.74, 6) is 0.719. The maximum Gasteiger partial charge on any atom is 0.269 e. The van der Waals surface area contributed by atoms with Gasteiger partial charge in [-0.15, -0.1) is 0 Å². The highest BCUT2D eigenvalue weighted by Gasteiger charge is 2.19. The Morgan fingerprint density at radius 2 is 1.83 bits per heavy atom. The highest BCUT2D eigenvalue weighted by atomic mass is 16.6. The largest absolute Gasteiger partial charge is 0.497 e. The van der Waals surface area contributed by atoms with Gasteiger partial charge in [-0.1, -0.05) is 0 Å². The predicted octanol–water partition coefficient (Wildman–Crippen LogP) is 2.12. The monoisotopic (exact) mass is 330 g/mol. The molecule has 2 aromatic rings. The van der Waals surface area contributed by atoms with E-state index in [2.05, 4.69) is 4.99 Å². The SMILES string of the molecule is COc1ccc(C=N[C@H](CO)[C@H](O)c2ccc([N+](=O)[O-])cc2)cc1. The van der Waals surface area contributed by atoms with Gasteiger partial charge in [0.1, 0.15) is 17.9 Å². The van der Waals surface area contributed by atoms with Gasteiger partial charge in [0.2, 0.25) is 0 Å². The van der Waals surface area contributed by atoms with E-state index >= 15 is 0 Å². The number of aliphatic hydroxyl groups excluding tert-OH is 2. The quantitative estimate of drug-likeness (QED) is 0.459. The van der Waals surface area contributed by atoms with Crippen LogP contribution in [-0.2, 0) is 0 Å². The van der Waals surface area contributed by atoms with Crippen molar-refractivity contribution in [2.45, 2.75) is 12.1 Å². The molecule has 2 atom stereocenters. The summed E-state index contributed by atoms with van der Waals surface area (Å²) in [6.07, 6.45) is 0.486. The van der Waals surface area contributed by atoms with E-state index in [1.807, 2.05) is 0 Å². The molecule has 0 aromatic heterocycles. The van der Waals surface area contributed by atoms with E-state index in [0.29, 0.717) is 5.56 Å². The minimum absolute atomic E-state index is 0.0618. The summed E-state index contributed by atoms with van der Waals surface area (Å²) < 4.78 is 5.07. The number of aliphatic hydroxyl groups is 2. The molecule has 0 saturated carbocycles. The van der Waals surface area contributed by atoms with Crippen LogP contribution in [0.2, 0.25) is 0 Å². The summed E-state index contributed by atoms with van der Waals surface area (Å²) in [6, 6.07) is 11.9. The molecule has 7 heteroatoms. The third-order valence-corrected chi connectivity index (χ3v) is 3.53. The number of aliphatic imine (C=N–C) groups is 1. The molecule has 2 rings (SSSR count). The minimum Gasteiger partial charge on any atom is -0.497 e. The number of benzene rings is 2. The number of nitro groups is 1. The lowest BCUT2D eigenvalue weighted by molar-refractivity contribution is -0.384. The maximum absolute atomic E-state index is 10.6. The zero-order chi connectivity index (χ0) is 17.5. The number of hydrogen-bond donors (Lipinski definition) is 2. The van der Waals surface area contributed by atoms with Gasteiger partial charge < -0.3 is 14.9 Å². The molecule has 0 fully saturated rings. The Hall–Kier alpha value is -2.77. The first-order chi connectivity index (χ1) is 11.5. The summed E-state index contributed by atoms with van der Waals surface area (Å²) in [6.45, 7) is -0.356. The van der Waals surface area contributed by atoms with Crippen LogP contribution in [0.4, 0.5) is 5.69 Å². The lowest BCUT2D eigenvalue weighted by Gasteiger charge is -2.17. The van der Waals surface area contributed by atoms with E-state index in [-0.39, 0.29) is 12.3 Å². The van der Waals surface area contributed by atoms with Gasteiger partial charge in [-0.25, -0.2) is 0 Å². The molecular formula is C17H18N2O5. The molecule has 0 saturated heterocycles. The van der Waals surface area contributed by atoms with Crippen molar-refractivity contribution in [3.63, 3.8) is 0 Å². The van der Waals surface area contributed by atoms with Crippen molar-refractivity contribution in [3.05, 3.63) is 69.8 Å². The number of hydrogen-bond acceptors (Lipinski definition) is 6. The van der Waals surface area contributed by atoms with E-state index in [1.165, 1.54) is 24.3 Å². The van der Waals surface area contributed by atoms with Crippen LogP contribution in [0.1, 0.15) is 17.2 Å². The molecule has 7 nitrogen and oxygen atoms in total. The van der Waals surface area contributed by atoms with Crippen LogP contribution in [-0.4, -0.2) is 41.1 Å². The first kappa shape index (κ1) is 17.6. The van der Waals surface area contributed by atoms with Gasteiger partial charge in [0.25, 0.3) is 5.69 Å². The normalized spacial score (nSPS) is 13.6. The molecule has 0 aliphatic rings. The zero-order valence-corrected chi connectivity index (χ0v) is 13.1. The second kappa shape index (κ2) is 8.19. The van der Waals surface area contributed by atoms with Gasteiger partial charge in [0.15, 0.2) is 0 Å². The molecule has 0 aliphatic carbocycles. The van der Waals surface area contributed by atoms with Crippen molar-refractivity contribution in [1.82, 2.24) is 0 Å². The molecule has 0 unspecified atom stereocenters. The van der Waals surface area contributed by atoms with Gasteiger partial charge >= 0.3 is 0 Å². The van der Waals surface area contributed by atoms with Crippen molar-refractivity contribution >= 4 is 11.9 Å². The number of nitrogens with zero attached hydrogens (tertiary/aromatic N) is 2. The standard InChI is InChI=1S/C17H18N2O5/c1-24-15-8-2-12(3-9-15)10-18-16(11-20)17(21)13-4-6-14(7-5-13)19(22)23/h2-10,16-17,20-21H,11H2,1H3/t16-,17-/m1/s1. The number of non-ortho nitro benzene ring substituents is 1. The molecule has 126 valence electrons. The average molecular weight is 330 g/mol. The summed E-state index contributed by atoms with van der Waals surface area (Å²) in [4.78, 5) is 14.3. The second-order valence-electron chi connectivity index (χ2n) is 5.09. The third-order valence-electron chi connectivity index (χ3n) is 3.53. The fourth-order valence-electron chi connectivity index (χ4n) is 2.12. The smallest absolute Gasteiger partial charge is 0.269 e. The Morgan fingerprint density at radius 3 is 2.33 bits per heavy atom. The molecule has 2 aromatic carbocycles. The van der Waals surface area contributed by atoms with Gasteiger partial charge in [-0.3, -0.25) is 15.1 Å². The first-order valence-electron chi connectivity index (χ1n) is 7.25. The van der Waals surface area contributed by atoms with E-state index in [1.54, 1.807) is 37.6 Å². The summed E-state index contributed by atoms with van der Waals surface area (Å²) in [7, 11) is 1.57. The van der Waals surface area contributed by atoms with Crippen LogP contribution in [0.5, 0.6) is 5.75 Å². The molecule has 24 heavy (non-hydrogen) atoms. The number of rotatable bonds is 7. The molecule has 0 spiro atoms. The van der Waals surface area contributed by atoms with Crippen LogP contribution >= 0.6 is 0 Å². The predicted molar refractivity (Wildman–Crippen MR) is 89.5 cm³/mol. The maximum atomic E-state index is 10.6. The highest BCUT2D eigenvalue weighted by molar-refractivity contribution is 5.79. The molecule has 0 aliphatic heterocycles. The molecular weight excluding hydrogens is 312 g/mol. The van der Waals surface area contributed by atoms with Crippen molar-refractivity contribution in [2.75, 3.05) is 13.7 Å². The van der Waals surface area contributed by atoms with Crippen LogP contribution in [0.15, 0.2) is 53.5 Å². The van der Waals surface area contributed by atoms with Crippen molar-refractivity contribution < 1.29 is 19.9 Å². The Balaban J connectivity index is 2.11. The number of ether oxygens (including phenoxy) is 1. The molecule has 2 N–H and O–H groups in total. The number of methoxy groups -OCH3 is 1. The van der Waals surface area contributed by atoms with Crippen LogP contribution in [0, 0.1) is 10.1 Å². The van der Waals surface area contributed by atoms with Gasteiger partial charge in [0, 0.05) is 18.3 Å². The molecule has 0 bridgehead atoms. The lowest BCUT2D eigenvalue weighted by Crippen LogP contribution is -2.21. The Bertz CT molecular complexity index is 698. The first-order valence-corrected chi connectivity index (χ1v) is 7.25. The van der Waals surface area contributed by atoms with E-state index in [4.69, 9.17) is 4.74 Å². The van der Waals surface area contributed by atoms with Crippen LogP contribution < -0.4 is 4.74 Å². The number of nitro benzene ring substituents is 1. The van der Waals surface area contributed by atoms with E-state index in [0.717, 1.165) is 11.3 Å². The molecule has 0 heterocycles. The highest BCUT2D eigenvalue weighted by Crippen LogP contribution is 2.22. The third kappa shape index (κ3) is 4.37.